The van der Waals surface area contributed by atoms with E-state index in [9.17, 15) is 9.50 Å². The van der Waals surface area contributed by atoms with E-state index >= 15 is 0 Å². The molecule has 0 fully saturated rings. The Morgan fingerprint density at radius 2 is 1.95 bits per heavy atom. The number of anilines is 2. The Labute approximate surface area is 125 Å². The van der Waals surface area contributed by atoms with Gasteiger partial charge in [0.15, 0.2) is 0 Å². The minimum Gasteiger partial charge on any atom is -0.397 e. The van der Waals surface area contributed by atoms with Crippen LogP contribution in [-0.2, 0) is 5.54 Å². The average Bonchev–Trinajstić information content (AvgIpc) is 2.45. The molecule has 3 nitrogen and oxygen atoms in total. The molecule has 0 aliphatic heterocycles. The van der Waals surface area contributed by atoms with Crippen molar-refractivity contribution in [3.05, 3.63) is 58.3 Å². The molecule has 0 heterocycles. The zero-order valence-corrected chi connectivity index (χ0v) is 12.6. The number of benzene rings is 2. The lowest BCUT2D eigenvalue weighted by atomic mass is 9.92. The fourth-order valence-corrected chi connectivity index (χ4v) is 2.34. The molecule has 2 aromatic rings. The third kappa shape index (κ3) is 2.94. The van der Waals surface area contributed by atoms with Gasteiger partial charge in [-0.1, -0.05) is 30.3 Å². The summed E-state index contributed by atoms with van der Waals surface area (Å²) in [5.41, 5.74) is 6.90. The summed E-state index contributed by atoms with van der Waals surface area (Å²) < 4.78 is 13.9. The van der Waals surface area contributed by atoms with E-state index in [1.165, 1.54) is 12.1 Å². The van der Waals surface area contributed by atoms with E-state index < -0.39 is 11.4 Å². The average molecular weight is 339 g/mol. The first kappa shape index (κ1) is 14.8. The largest absolute Gasteiger partial charge is 0.397 e. The van der Waals surface area contributed by atoms with Gasteiger partial charge in [0, 0.05) is 6.07 Å². The van der Waals surface area contributed by atoms with Gasteiger partial charge in [0.25, 0.3) is 0 Å². The maximum atomic E-state index is 13.6. The molecule has 20 heavy (non-hydrogen) atoms. The molecule has 0 bridgehead atoms. The van der Waals surface area contributed by atoms with Crippen LogP contribution in [0.4, 0.5) is 15.8 Å². The van der Waals surface area contributed by atoms with Crippen molar-refractivity contribution in [2.45, 2.75) is 12.5 Å². The quantitative estimate of drug-likeness (QED) is 0.748. The second-order valence-corrected chi connectivity index (χ2v) is 5.69. The van der Waals surface area contributed by atoms with Crippen LogP contribution in [0.3, 0.4) is 0 Å². The summed E-state index contributed by atoms with van der Waals surface area (Å²) in [7, 11) is 0. The molecule has 0 amide bonds. The Morgan fingerprint density at radius 1 is 1.30 bits per heavy atom. The van der Waals surface area contributed by atoms with E-state index in [0.29, 0.717) is 15.8 Å². The van der Waals surface area contributed by atoms with Crippen molar-refractivity contribution in [2.75, 3.05) is 17.7 Å². The first-order chi connectivity index (χ1) is 9.46. The van der Waals surface area contributed by atoms with Crippen LogP contribution in [0.5, 0.6) is 0 Å². The van der Waals surface area contributed by atoms with Crippen molar-refractivity contribution in [2.24, 2.45) is 0 Å². The van der Waals surface area contributed by atoms with Gasteiger partial charge in [-0.3, -0.25) is 0 Å². The number of aliphatic hydroxyl groups excluding tert-OH is 1. The molecule has 5 heteroatoms. The highest BCUT2D eigenvalue weighted by atomic mass is 79.9. The van der Waals surface area contributed by atoms with Crippen molar-refractivity contribution < 1.29 is 9.50 Å². The predicted octanol–water partition coefficient (Wildman–Crippen LogP) is 3.49. The highest BCUT2D eigenvalue weighted by molar-refractivity contribution is 9.10. The monoisotopic (exact) mass is 338 g/mol. The van der Waals surface area contributed by atoms with Crippen molar-refractivity contribution in [3.63, 3.8) is 0 Å². The number of nitrogens with one attached hydrogen (secondary N) is 1. The molecule has 0 saturated carbocycles. The fourth-order valence-electron chi connectivity index (χ4n) is 1.98. The van der Waals surface area contributed by atoms with Crippen molar-refractivity contribution in [3.8, 4) is 0 Å². The Kier molecular flexibility index (Phi) is 4.30. The van der Waals surface area contributed by atoms with Crippen molar-refractivity contribution >= 4 is 27.3 Å². The van der Waals surface area contributed by atoms with E-state index in [0.717, 1.165) is 5.56 Å². The van der Waals surface area contributed by atoms with Crippen LogP contribution in [0.2, 0.25) is 0 Å². The molecule has 0 aromatic heterocycles. The maximum Gasteiger partial charge on any atom is 0.139 e. The summed E-state index contributed by atoms with van der Waals surface area (Å²) in [4.78, 5) is 0. The minimum absolute atomic E-state index is 0.145. The molecule has 0 aliphatic carbocycles. The first-order valence-electron chi connectivity index (χ1n) is 6.15. The topological polar surface area (TPSA) is 58.3 Å². The maximum absolute atomic E-state index is 13.6. The van der Waals surface area contributed by atoms with Gasteiger partial charge in [0.2, 0.25) is 0 Å². The number of halogens is 2. The number of hydrogen-bond acceptors (Lipinski definition) is 3. The summed E-state index contributed by atoms with van der Waals surface area (Å²) in [6.07, 6.45) is 0. The Morgan fingerprint density at radius 3 is 2.55 bits per heavy atom. The van der Waals surface area contributed by atoms with Crippen LogP contribution < -0.4 is 11.1 Å². The molecule has 2 aromatic carbocycles. The summed E-state index contributed by atoms with van der Waals surface area (Å²) >= 11 is 3.09. The van der Waals surface area contributed by atoms with E-state index in [1.807, 2.05) is 37.3 Å². The molecule has 0 saturated heterocycles. The van der Waals surface area contributed by atoms with Crippen LogP contribution in [0.1, 0.15) is 12.5 Å². The number of hydrogen-bond donors (Lipinski definition) is 3. The Balaban J connectivity index is 2.38. The second-order valence-electron chi connectivity index (χ2n) is 4.83. The number of nitrogen functional groups attached to an aromatic ring is 1. The SMILES string of the molecule is CC(CO)(Nc1cc(F)c(Br)cc1N)c1ccccc1. The molecule has 4 N–H and O–H groups in total. The molecule has 1 unspecified atom stereocenters. The lowest BCUT2D eigenvalue weighted by Gasteiger charge is -2.31. The van der Waals surface area contributed by atoms with E-state index in [1.54, 1.807) is 0 Å². The lowest BCUT2D eigenvalue weighted by molar-refractivity contribution is 0.224. The third-order valence-corrected chi connectivity index (χ3v) is 3.84. The van der Waals surface area contributed by atoms with Crippen LogP contribution in [0, 0.1) is 5.82 Å². The predicted molar refractivity (Wildman–Crippen MR) is 83.0 cm³/mol. The van der Waals surface area contributed by atoms with Gasteiger partial charge in [-0.15, -0.1) is 0 Å². The standard InChI is InChI=1S/C15H16BrFN2O/c1-15(9-20,10-5-3-2-4-6-10)19-14-8-12(17)11(16)7-13(14)18/h2-8,19-20H,9,18H2,1H3. The Hall–Kier alpha value is -1.59. The van der Waals surface area contributed by atoms with Gasteiger partial charge in [0.1, 0.15) is 5.82 Å². The van der Waals surface area contributed by atoms with E-state index in [2.05, 4.69) is 21.2 Å². The normalized spacial score (nSPS) is 13.8. The zero-order valence-electron chi connectivity index (χ0n) is 11.0. The second kappa shape index (κ2) is 5.81. The molecule has 0 radical (unpaired) electrons. The van der Waals surface area contributed by atoms with Crippen molar-refractivity contribution in [1.29, 1.82) is 0 Å². The highest BCUT2D eigenvalue weighted by Crippen LogP contribution is 2.32. The summed E-state index contributed by atoms with van der Waals surface area (Å²) in [6, 6.07) is 12.3. The molecular weight excluding hydrogens is 323 g/mol. The molecule has 1 atom stereocenters. The number of nitrogens with two attached hydrogens (primary N) is 1. The smallest absolute Gasteiger partial charge is 0.139 e. The highest BCUT2D eigenvalue weighted by Gasteiger charge is 2.26. The number of rotatable bonds is 4. The molecule has 106 valence electrons. The van der Waals surface area contributed by atoms with Gasteiger partial charge in [0.05, 0.1) is 28.0 Å². The van der Waals surface area contributed by atoms with Gasteiger partial charge in [-0.25, -0.2) is 4.39 Å². The van der Waals surface area contributed by atoms with Gasteiger partial charge >= 0.3 is 0 Å². The molecule has 2 rings (SSSR count). The Bertz CT molecular complexity index is 606. The zero-order chi connectivity index (χ0) is 14.8. The fraction of sp³-hybridized carbons (Fsp3) is 0.200. The molecule has 0 spiro atoms. The van der Waals surface area contributed by atoms with Crippen LogP contribution in [0.15, 0.2) is 46.9 Å². The van der Waals surface area contributed by atoms with Crippen LogP contribution in [-0.4, -0.2) is 11.7 Å². The van der Waals surface area contributed by atoms with Gasteiger partial charge in [-0.05, 0) is 34.5 Å². The van der Waals surface area contributed by atoms with Crippen LogP contribution in [0.25, 0.3) is 0 Å². The minimum atomic E-state index is -0.740. The van der Waals surface area contributed by atoms with Crippen molar-refractivity contribution in [1.82, 2.24) is 0 Å². The summed E-state index contributed by atoms with van der Waals surface area (Å²) in [5, 5.41) is 12.8. The third-order valence-electron chi connectivity index (χ3n) is 3.23. The first-order valence-corrected chi connectivity index (χ1v) is 6.94. The number of aliphatic hydroxyl groups is 1. The van der Waals surface area contributed by atoms with E-state index in [-0.39, 0.29) is 6.61 Å². The van der Waals surface area contributed by atoms with Gasteiger partial charge in [-0.2, -0.15) is 0 Å². The lowest BCUT2D eigenvalue weighted by Crippen LogP contribution is -2.36. The van der Waals surface area contributed by atoms with Crippen LogP contribution >= 0.6 is 15.9 Å². The molecule has 0 aliphatic rings. The summed E-state index contributed by atoms with van der Waals surface area (Å²) in [6.45, 7) is 1.69. The molecular formula is C15H16BrFN2O. The summed E-state index contributed by atoms with van der Waals surface area (Å²) in [5.74, 6) is -0.407. The van der Waals surface area contributed by atoms with Gasteiger partial charge < -0.3 is 16.2 Å². The van der Waals surface area contributed by atoms with E-state index in [4.69, 9.17) is 5.73 Å².